The third kappa shape index (κ3) is 4.45. The monoisotopic (exact) mass is 259 g/mol. The highest BCUT2D eigenvalue weighted by atomic mass is 16.5. The van der Waals surface area contributed by atoms with Gasteiger partial charge in [0.05, 0.1) is 12.8 Å². The van der Waals surface area contributed by atoms with Crippen molar-refractivity contribution in [3.05, 3.63) is 54.0 Å². The summed E-state index contributed by atoms with van der Waals surface area (Å²) in [5.74, 6) is 1.88. The third-order valence-electron chi connectivity index (χ3n) is 2.96. The first-order valence-electron chi connectivity index (χ1n) is 6.76. The van der Waals surface area contributed by atoms with Gasteiger partial charge in [-0.25, -0.2) is 0 Å². The van der Waals surface area contributed by atoms with E-state index in [2.05, 4.69) is 31.3 Å². The Balaban J connectivity index is 1.75. The molecule has 102 valence electrons. The van der Waals surface area contributed by atoms with Crippen LogP contribution in [-0.4, -0.2) is 12.6 Å². The van der Waals surface area contributed by atoms with E-state index in [1.165, 1.54) is 5.56 Å². The molecule has 0 saturated carbocycles. The molecule has 0 bridgehead atoms. The Kier molecular flexibility index (Phi) is 5.04. The lowest BCUT2D eigenvalue weighted by molar-refractivity contribution is 0.215. The van der Waals surface area contributed by atoms with Crippen molar-refractivity contribution in [2.24, 2.45) is 0 Å². The van der Waals surface area contributed by atoms with Crippen LogP contribution < -0.4 is 10.1 Å². The zero-order valence-electron chi connectivity index (χ0n) is 11.6. The van der Waals surface area contributed by atoms with Gasteiger partial charge >= 0.3 is 0 Å². The number of furan rings is 1. The maximum Gasteiger partial charge on any atom is 0.120 e. The first-order chi connectivity index (χ1) is 9.28. The van der Waals surface area contributed by atoms with Crippen molar-refractivity contribution in [2.75, 3.05) is 6.54 Å². The Hall–Kier alpha value is -1.74. The summed E-state index contributed by atoms with van der Waals surface area (Å²) in [6.45, 7) is 5.73. The number of aryl methyl sites for hydroxylation is 1. The predicted molar refractivity (Wildman–Crippen MR) is 76.3 cm³/mol. The topological polar surface area (TPSA) is 34.4 Å². The lowest BCUT2D eigenvalue weighted by Crippen LogP contribution is -2.28. The van der Waals surface area contributed by atoms with Crippen molar-refractivity contribution < 1.29 is 9.15 Å². The van der Waals surface area contributed by atoms with Crippen LogP contribution in [0, 0.1) is 0 Å². The molecule has 2 aromatic rings. The van der Waals surface area contributed by atoms with Gasteiger partial charge in [0.25, 0.3) is 0 Å². The van der Waals surface area contributed by atoms with Gasteiger partial charge in [-0.3, -0.25) is 0 Å². The van der Waals surface area contributed by atoms with Gasteiger partial charge < -0.3 is 14.5 Å². The molecular formula is C16H21NO2. The second-order valence-corrected chi connectivity index (χ2v) is 4.64. The molecule has 0 fully saturated rings. The standard InChI is InChI=1S/C16H21NO2/c1-3-14-6-4-7-15(10-14)19-13(2)11-17-12-16-8-5-9-18-16/h4-10,13,17H,3,11-12H2,1-2H3. The fraction of sp³-hybridized carbons (Fsp3) is 0.375. The predicted octanol–water partition coefficient (Wildman–Crippen LogP) is 3.40. The summed E-state index contributed by atoms with van der Waals surface area (Å²) < 4.78 is 11.1. The van der Waals surface area contributed by atoms with Crippen molar-refractivity contribution >= 4 is 0 Å². The average Bonchev–Trinajstić information content (AvgIpc) is 2.92. The van der Waals surface area contributed by atoms with Crippen molar-refractivity contribution in [1.29, 1.82) is 0 Å². The lowest BCUT2D eigenvalue weighted by Gasteiger charge is -2.15. The minimum Gasteiger partial charge on any atom is -0.489 e. The summed E-state index contributed by atoms with van der Waals surface area (Å²) in [6.07, 6.45) is 2.84. The number of benzene rings is 1. The Morgan fingerprint density at radius 3 is 2.89 bits per heavy atom. The molecule has 1 aromatic heterocycles. The van der Waals surface area contributed by atoms with E-state index in [1.54, 1.807) is 6.26 Å². The van der Waals surface area contributed by atoms with Gasteiger partial charge in [0, 0.05) is 6.54 Å². The Bertz CT molecular complexity index is 479. The van der Waals surface area contributed by atoms with E-state index >= 15 is 0 Å². The zero-order valence-corrected chi connectivity index (χ0v) is 11.6. The Labute approximate surface area is 114 Å². The van der Waals surface area contributed by atoms with E-state index in [-0.39, 0.29) is 6.10 Å². The maximum absolute atomic E-state index is 5.88. The molecule has 1 unspecified atom stereocenters. The molecule has 0 amide bonds. The normalized spacial score (nSPS) is 12.3. The van der Waals surface area contributed by atoms with Crippen LogP contribution in [0.5, 0.6) is 5.75 Å². The molecule has 0 saturated heterocycles. The van der Waals surface area contributed by atoms with Crippen LogP contribution >= 0.6 is 0 Å². The Morgan fingerprint density at radius 1 is 1.26 bits per heavy atom. The molecule has 1 heterocycles. The minimum atomic E-state index is 0.127. The molecular weight excluding hydrogens is 238 g/mol. The van der Waals surface area contributed by atoms with Gasteiger partial charge in [0.2, 0.25) is 0 Å². The van der Waals surface area contributed by atoms with Crippen LogP contribution in [0.15, 0.2) is 47.1 Å². The Morgan fingerprint density at radius 2 is 2.16 bits per heavy atom. The van der Waals surface area contributed by atoms with Crippen LogP contribution in [-0.2, 0) is 13.0 Å². The maximum atomic E-state index is 5.88. The molecule has 1 atom stereocenters. The first-order valence-corrected chi connectivity index (χ1v) is 6.76. The highest BCUT2D eigenvalue weighted by Gasteiger charge is 2.04. The number of hydrogen-bond acceptors (Lipinski definition) is 3. The van der Waals surface area contributed by atoms with E-state index in [0.29, 0.717) is 0 Å². The molecule has 0 aliphatic rings. The highest BCUT2D eigenvalue weighted by Crippen LogP contribution is 2.15. The molecule has 0 aliphatic carbocycles. The second-order valence-electron chi connectivity index (χ2n) is 4.64. The summed E-state index contributed by atoms with van der Waals surface area (Å²) in [7, 11) is 0. The molecule has 1 aromatic carbocycles. The summed E-state index contributed by atoms with van der Waals surface area (Å²) >= 11 is 0. The van der Waals surface area contributed by atoms with Gasteiger partial charge in [-0.1, -0.05) is 19.1 Å². The number of nitrogens with one attached hydrogen (secondary N) is 1. The number of hydrogen-bond donors (Lipinski definition) is 1. The second kappa shape index (κ2) is 7.00. The molecule has 1 N–H and O–H groups in total. The summed E-state index contributed by atoms with van der Waals surface area (Å²) in [5, 5.41) is 3.32. The highest BCUT2D eigenvalue weighted by molar-refractivity contribution is 5.28. The van der Waals surface area contributed by atoms with Gasteiger partial charge in [-0.15, -0.1) is 0 Å². The number of ether oxygens (including phenoxy) is 1. The van der Waals surface area contributed by atoms with Gasteiger partial charge in [-0.05, 0) is 43.2 Å². The van der Waals surface area contributed by atoms with Crippen molar-refractivity contribution in [2.45, 2.75) is 32.9 Å². The SMILES string of the molecule is CCc1cccc(OC(C)CNCc2ccco2)c1. The molecule has 0 aliphatic heterocycles. The zero-order chi connectivity index (χ0) is 13.5. The average molecular weight is 259 g/mol. The number of rotatable bonds is 7. The van der Waals surface area contributed by atoms with Crippen LogP contribution in [0.25, 0.3) is 0 Å². The summed E-state index contributed by atoms with van der Waals surface area (Å²) in [5.41, 5.74) is 1.30. The fourth-order valence-electron chi connectivity index (χ4n) is 1.92. The van der Waals surface area contributed by atoms with E-state index in [0.717, 1.165) is 31.0 Å². The molecule has 3 nitrogen and oxygen atoms in total. The quantitative estimate of drug-likeness (QED) is 0.827. The summed E-state index contributed by atoms with van der Waals surface area (Å²) in [4.78, 5) is 0. The molecule has 0 radical (unpaired) electrons. The van der Waals surface area contributed by atoms with E-state index in [4.69, 9.17) is 9.15 Å². The third-order valence-corrected chi connectivity index (χ3v) is 2.96. The van der Waals surface area contributed by atoms with Gasteiger partial charge in [-0.2, -0.15) is 0 Å². The minimum absolute atomic E-state index is 0.127. The molecule has 2 rings (SSSR count). The van der Waals surface area contributed by atoms with E-state index < -0.39 is 0 Å². The largest absolute Gasteiger partial charge is 0.489 e. The molecule has 19 heavy (non-hydrogen) atoms. The summed E-state index contributed by atoms with van der Waals surface area (Å²) in [6, 6.07) is 12.1. The van der Waals surface area contributed by atoms with E-state index in [1.807, 2.05) is 24.3 Å². The van der Waals surface area contributed by atoms with Gasteiger partial charge in [0.1, 0.15) is 17.6 Å². The van der Waals surface area contributed by atoms with Crippen LogP contribution in [0.1, 0.15) is 25.2 Å². The lowest BCUT2D eigenvalue weighted by atomic mass is 10.2. The van der Waals surface area contributed by atoms with Crippen molar-refractivity contribution in [3.8, 4) is 5.75 Å². The van der Waals surface area contributed by atoms with Crippen molar-refractivity contribution in [1.82, 2.24) is 5.32 Å². The van der Waals surface area contributed by atoms with Crippen LogP contribution in [0.2, 0.25) is 0 Å². The molecule has 3 heteroatoms. The smallest absolute Gasteiger partial charge is 0.120 e. The fourth-order valence-corrected chi connectivity index (χ4v) is 1.92. The van der Waals surface area contributed by atoms with Crippen molar-refractivity contribution in [3.63, 3.8) is 0 Å². The first kappa shape index (κ1) is 13.7. The van der Waals surface area contributed by atoms with E-state index in [9.17, 15) is 0 Å². The molecule has 0 spiro atoms. The van der Waals surface area contributed by atoms with Crippen LogP contribution in [0.3, 0.4) is 0 Å². The van der Waals surface area contributed by atoms with Gasteiger partial charge in [0.15, 0.2) is 0 Å². The van der Waals surface area contributed by atoms with Crippen LogP contribution in [0.4, 0.5) is 0 Å².